The van der Waals surface area contributed by atoms with Crippen molar-refractivity contribution in [2.75, 3.05) is 7.05 Å². The first-order valence-electron chi connectivity index (χ1n) is 7.83. The van der Waals surface area contributed by atoms with Crippen LogP contribution < -0.4 is 0 Å². The van der Waals surface area contributed by atoms with E-state index in [1.807, 2.05) is 36.4 Å². The number of hydrogen-bond donors (Lipinski definition) is 0. The molecule has 1 fully saturated rings. The number of benzene rings is 1. The Kier molecular flexibility index (Phi) is 4.74. The normalized spacial score (nSPS) is 13.9. The van der Waals surface area contributed by atoms with E-state index in [1.165, 1.54) is 4.90 Å². The second-order valence-electron chi connectivity index (χ2n) is 5.73. The summed E-state index contributed by atoms with van der Waals surface area (Å²) in [6.45, 7) is 0.286. The third-order valence-corrected chi connectivity index (χ3v) is 3.85. The number of hydrogen-bond acceptors (Lipinski definition) is 5. The molecule has 7 nitrogen and oxygen atoms in total. The number of rotatable bonds is 4. The van der Waals surface area contributed by atoms with Crippen molar-refractivity contribution in [2.24, 2.45) is 0 Å². The van der Waals surface area contributed by atoms with Crippen LogP contribution in [0.4, 0.5) is 4.79 Å². The fourth-order valence-corrected chi connectivity index (χ4v) is 2.54. The SMILES string of the molecule is CN(Cc1cccc(-c2ccncc2)c1)C(=O)ON1C(=O)CCC1=O. The van der Waals surface area contributed by atoms with E-state index in [4.69, 9.17) is 4.84 Å². The predicted octanol–water partition coefficient (Wildman–Crippen LogP) is 2.38. The van der Waals surface area contributed by atoms with Gasteiger partial charge in [-0.15, -0.1) is 5.06 Å². The van der Waals surface area contributed by atoms with Crippen LogP contribution in [0.15, 0.2) is 48.8 Å². The van der Waals surface area contributed by atoms with Crippen molar-refractivity contribution >= 4 is 17.9 Å². The zero-order chi connectivity index (χ0) is 17.8. The number of carbonyl (C=O) groups is 3. The molecule has 1 aromatic heterocycles. The van der Waals surface area contributed by atoms with Crippen molar-refractivity contribution in [3.05, 3.63) is 54.4 Å². The van der Waals surface area contributed by atoms with Crippen LogP contribution in [0.3, 0.4) is 0 Å². The van der Waals surface area contributed by atoms with Crippen LogP contribution in [0.5, 0.6) is 0 Å². The van der Waals surface area contributed by atoms with Crippen molar-refractivity contribution in [3.63, 3.8) is 0 Å². The molecule has 25 heavy (non-hydrogen) atoms. The lowest BCUT2D eigenvalue weighted by Gasteiger charge is -2.20. The second-order valence-corrected chi connectivity index (χ2v) is 5.73. The average Bonchev–Trinajstić information content (AvgIpc) is 2.94. The minimum Gasteiger partial charge on any atom is -0.311 e. The maximum absolute atomic E-state index is 12.1. The molecule has 1 saturated heterocycles. The molecule has 1 aliphatic rings. The van der Waals surface area contributed by atoms with E-state index in [2.05, 4.69) is 4.98 Å². The highest BCUT2D eigenvalue weighted by molar-refractivity contribution is 6.01. The van der Waals surface area contributed by atoms with Crippen LogP contribution in [-0.4, -0.2) is 39.9 Å². The summed E-state index contributed by atoms with van der Waals surface area (Å²) in [7, 11) is 1.55. The molecular weight excluding hydrogens is 322 g/mol. The largest absolute Gasteiger partial charge is 0.434 e. The third kappa shape index (κ3) is 3.82. The van der Waals surface area contributed by atoms with Crippen LogP contribution in [0.25, 0.3) is 11.1 Å². The van der Waals surface area contributed by atoms with E-state index in [9.17, 15) is 14.4 Å². The maximum atomic E-state index is 12.1. The molecule has 2 heterocycles. The summed E-state index contributed by atoms with van der Waals surface area (Å²) < 4.78 is 0. The van der Waals surface area contributed by atoms with E-state index in [1.54, 1.807) is 19.4 Å². The van der Waals surface area contributed by atoms with Crippen LogP contribution in [0, 0.1) is 0 Å². The molecule has 0 spiro atoms. The predicted molar refractivity (Wildman–Crippen MR) is 88.7 cm³/mol. The molecule has 1 aliphatic heterocycles. The summed E-state index contributed by atoms with van der Waals surface area (Å²) in [6.07, 6.45) is 2.83. The number of pyridine rings is 1. The van der Waals surface area contributed by atoms with Gasteiger partial charge in [-0.05, 0) is 34.9 Å². The number of amides is 3. The van der Waals surface area contributed by atoms with Gasteiger partial charge >= 0.3 is 6.09 Å². The van der Waals surface area contributed by atoms with E-state index in [0.29, 0.717) is 5.06 Å². The van der Waals surface area contributed by atoms with E-state index < -0.39 is 17.9 Å². The minimum atomic E-state index is -0.752. The van der Waals surface area contributed by atoms with Crippen molar-refractivity contribution in [2.45, 2.75) is 19.4 Å². The number of imide groups is 1. The lowest BCUT2D eigenvalue weighted by Crippen LogP contribution is -2.37. The first-order valence-corrected chi connectivity index (χ1v) is 7.83. The van der Waals surface area contributed by atoms with Crippen molar-refractivity contribution < 1.29 is 19.2 Å². The standard InChI is InChI=1S/C18H17N3O4/c1-20(18(24)25-21-16(22)5-6-17(21)23)12-13-3-2-4-15(11-13)14-7-9-19-10-8-14/h2-4,7-11H,5-6,12H2,1H3. The molecule has 2 aromatic rings. The average molecular weight is 339 g/mol. The van der Waals surface area contributed by atoms with Crippen LogP contribution in [0.1, 0.15) is 18.4 Å². The van der Waals surface area contributed by atoms with Gasteiger partial charge in [0, 0.05) is 38.8 Å². The summed E-state index contributed by atoms with van der Waals surface area (Å²) in [5.74, 6) is -0.988. The van der Waals surface area contributed by atoms with Gasteiger partial charge in [-0.1, -0.05) is 18.2 Å². The Labute approximate surface area is 144 Å². The molecule has 0 unspecified atom stereocenters. The fraction of sp³-hybridized carbons (Fsp3) is 0.222. The Hall–Kier alpha value is -3.22. The van der Waals surface area contributed by atoms with Gasteiger partial charge in [0.2, 0.25) is 0 Å². The van der Waals surface area contributed by atoms with E-state index in [-0.39, 0.29) is 19.4 Å². The highest BCUT2D eigenvalue weighted by Gasteiger charge is 2.33. The monoisotopic (exact) mass is 339 g/mol. The molecule has 3 amide bonds. The quantitative estimate of drug-likeness (QED) is 0.799. The Morgan fingerprint density at radius 1 is 1.12 bits per heavy atom. The summed E-state index contributed by atoms with van der Waals surface area (Å²) in [5.41, 5.74) is 2.93. The molecule has 0 atom stereocenters. The van der Waals surface area contributed by atoms with Gasteiger partial charge in [-0.25, -0.2) is 4.79 Å². The van der Waals surface area contributed by atoms with Gasteiger partial charge in [-0.2, -0.15) is 0 Å². The van der Waals surface area contributed by atoms with Gasteiger partial charge in [0.15, 0.2) is 0 Å². The Morgan fingerprint density at radius 3 is 2.48 bits per heavy atom. The van der Waals surface area contributed by atoms with Crippen LogP contribution in [-0.2, 0) is 21.0 Å². The summed E-state index contributed by atoms with van der Waals surface area (Å²) in [6, 6.07) is 11.5. The fourth-order valence-electron chi connectivity index (χ4n) is 2.54. The number of aromatic nitrogens is 1. The first-order chi connectivity index (χ1) is 12.0. The lowest BCUT2D eigenvalue weighted by atomic mass is 10.0. The molecule has 0 bridgehead atoms. The summed E-state index contributed by atoms with van der Waals surface area (Å²) in [4.78, 5) is 45.3. The molecule has 128 valence electrons. The topological polar surface area (TPSA) is 79.8 Å². The van der Waals surface area contributed by atoms with Gasteiger partial charge < -0.3 is 9.74 Å². The van der Waals surface area contributed by atoms with Crippen LogP contribution in [0.2, 0.25) is 0 Å². The molecule has 0 saturated carbocycles. The Morgan fingerprint density at radius 2 is 1.80 bits per heavy atom. The highest BCUT2D eigenvalue weighted by Crippen LogP contribution is 2.20. The van der Waals surface area contributed by atoms with Crippen LogP contribution >= 0.6 is 0 Å². The molecule has 0 aliphatic carbocycles. The number of carbonyl (C=O) groups excluding carboxylic acids is 3. The van der Waals surface area contributed by atoms with Crippen molar-refractivity contribution in [1.82, 2.24) is 14.9 Å². The van der Waals surface area contributed by atoms with E-state index in [0.717, 1.165) is 16.7 Å². The molecule has 1 aromatic carbocycles. The maximum Gasteiger partial charge on any atom is 0.434 e. The van der Waals surface area contributed by atoms with Gasteiger partial charge in [-0.3, -0.25) is 14.6 Å². The molecule has 0 radical (unpaired) electrons. The summed E-state index contributed by atoms with van der Waals surface area (Å²) >= 11 is 0. The second kappa shape index (κ2) is 7.12. The number of hydroxylamine groups is 2. The lowest BCUT2D eigenvalue weighted by molar-refractivity contribution is -0.173. The third-order valence-electron chi connectivity index (χ3n) is 3.85. The zero-order valence-corrected chi connectivity index (χ0v) is 13.7. The zero-order valence-electron chi connectivity index (χ0n) is 13.7. The van der Waals surface area contributed by atoms with Gasteiger partial charge in [0.1, 0.15) is 0 Å². The van der Waals surface area contributed by atoms with Crippen molar-refractivity contribution in [1.29, 1.82) is 0 Å². The van der Waals surface area contributed by atoms with Crippen molar-refractivity contribution in [3.8, 4) is 11.1 Å². The molecule has 0 N–H and O–H groups in total. The highest BCUT2D eigenvalue weighted by atomic mass is 16.7. The Balaban J connectivity index is 1.66. The number of nitrogens with zero attached hydrogens (tertiary/aromatic N) is 3. The van der Waals surface area contributed by atoms with Gasteiger partial charge in [0.25, 0.3) is 11.8 Å². The summed E-state index contributed by atoms with van der Waals surface area (Å²) in [5, 5.41) is 0.548. The molecular formula is C18H17N3O4. The minimum absolute atomic E-state index is 0.0732. The smallest absolute Gasteiger partial charge is 0.311 e. The first kappa shape index (κ1) is 16.6. The molecule has 3 rings (SSSR count). The molecule has 7 heteroatoms. The Bertz CT molecular complexity index is 791. The van der Waals surface area contributed by atoms with Gasteiger partial charge in [0.05, 0.1) is 0 Å². The van der Waals surface area contributed by atoms with E-state index >= 15 is 0 Å².